The monoisotopic (exact) mass is 280 g/mol. The Morgan fingerprint density at radius 3 is 2.53 bits per heavy atom. The molecule has 102 valence electrons. The van der Waals surface area contributed by atoms with Crippen molar-refractivity contribution in [3.05, 3.63) is 36.2 Å². The Kier molecular flexibility index (Phi) is 3.34. The zero-order valence-electron chi connectivity index (χ0n) is 11.0. The van der Waals surface area contributed by atoms with Crippen LogP contribution in [0.2, 0.25) is 0 Å². The van der Waals surface area contributed by atoms with E-state index in [1.54, 1.807) is 29.2 Å². The first-order valence-electron chi connectivity index (χ1n) is 5.66. The van der Waals surface area contributed by atoms with Gasteiger partial charge in [-0.3, -0.25) is 0 Å². The van der Waals surface area contributed by atoms with Crippen LogP contribution in [0.1, 0.15) is 5.56 Å². The number of para-hydroxylation sites is 1. The Hall–Kier alpha value is -1.86. The molecule has 2 rings (SSSR count). The zero-order chi connectivity index (χ0) is 14.2. The topological polar surface area (TPSA) is 81.2 Å². The van der Waals surface area contributed by atoms with Gasteiger partial charge in [0.05, 0.1) is 17.6 Å². The predicted molar refractivity (Wildman–Crippen MR) is 73.6 cm³/mol. The Morgan fingerprint density at radius 2 is 2.00 bits per heavy atom. The molecular formula is C12H16N4O2S. The highest BCUT2D eigenvalue weighted by Gasteiger charge is 2.22. The van der Waals surface area contributed by atoms with Gasteiger partial charge in [0, 0.05) is 20.3 Å². The van der Waals surface area contributed by atoms with E-state index in [2.05, 4.69) is 5.10 Å². The third-order valence-electron chi connectivity index (χ3n) is 2.76. The number of hydrogen-bond acceptors (Lipinski definition) is 4. The number of aromatic nitrogens is 2. The summed E-state index contributed by atoms with van der Waals surface area (Å²) >= 11 is 0. The highest BCUT2D eigenvalue weighted by molar-refractivity contribution is 7.89. The third-order valence-corrected chi connectivity index (χ3v) is 4.63. The number of rotatable bonds is 3. The summed E-state index contributed by atoms with van der Waals surface area (Å²) in [5, 5.41) is 4.14. The summed E-state index contributed by atoms with van der Waals surface area (Å²) in [7, 11) is -0.621. The Bertz CT molecular complexity index is 704. The minimum absolute atomic E-state index is 0.0863. The molecule has 0 unspecified atom stereocenters. The molecule has 1 heterocycles. The predicted octanol–water partition coefficient (Wildman–Crippen LogP) is 1.01. The van der Waals surface area contributed by atoms with Crippen molar-refractivity contribution in [1.82, 2.24) is 14.1 Å². The highest BCUT2D eigenvalue weighted by atomic mass is 32.2. The normalized spacial score (nSPS) is 12.0. The van der Waals surface area contributed by atoms with E-state index in [1.807, 2.05) is 6.92 Å². The van der Waals surface area contributed by atoms with Crippen LogP contribution in [-0.2, 0) is 10.0 Å². The first-order valence-corrected chi connectivity index (χ1v) is 7.10. The maximum absolute atomic E-state index is 12.2. The standard InChI is InChI=1S/C12H16N4O2S/c1-9-7-14-16(8-9)10-5-4-6-11(12(10)13)19(17,18)15(2)3/h4-8H,13H2,1-3H3. The van der Waals surface area contributed by atoms with Gasteiger partial charge in [0.15, 0.2) is 0 Å². The van der Waals surface area contributed by atoms with Gasteiger partial charge in [0.1, 0.15) is 4.90 Å². The van der Waals surface area contributed by atoms with Crippen molar-refractivity contribution in [2.45, 2.75) is 11.8 Å². The van der Waals surface area contributed by atoms with Gasteiger partial charge in [0.2, 0.25) is 10.0 Å². The fraction of sp³-hybridized carbons (Fsp3) is 0.250. The average Bonchev–Trinajstić information content (AvgIpc) is 2.75. The molecule has 7 heteroatoms. The quantitative estimate of drug-likeness (QED) is 0.851. The number of nitrogen functional groups attached to an aromatic ring is 1. The van der Waals surface area contributed by atoms with E-state index < -0.39 is 10.0 Å². The maximum Gasteiger partial charge on any atom is 0.244 e. The molecule has 6 nitrogen and oxygen atoms in total. The number of aryl methyl sites for hydroxylation is 1. The van der Waals surface area contributed by atoms with Gasteiger partial charge < -0.3 is 5.73 Å². The van der Waals surface area contributed by atoms with Crippen LogP contribution in [0.4, 0.5) is 5.69 Å². The van der Waals surface area contributed by atoms with Crippen molar-refractivity contribution in [1.29, 1.82) is 0 Å². The van der Waals surface area contributed by atoms with Crippen LogP contribution in [-0.4, -0.2) is 36.6 Å². The second kappa shape index (κ2) is 4.67. The molecule has 2 N–H and O–H groups in total. The number of hydrogen-bond donors (Lipinski definition) is 1. The maximum atomic E-state index is 12.2. The van der Waals surface area contributed by atoms with Crippen LogP contribution in [0.5, 0.6) is 0 Å². The van der Waals surface area contributed by atoms with Crippen molar-refractivity contribution in [3.63, 3.8) is 0 Å². The lowest BCUT2D eigenvalue weighted by atomic mass is 10.2. The van der Waals surface area contributed by atoms with Gasteiger partial charge in [-0.2, -0.15) is 5.10 Å². The lowest BCUT2D eigenvalue weighted by Crippen LogP contribution is -2.23. The van der Waals surface area contributed by atoms with Crippen LogP contribution >= 0.6 is 0 Å². The highest BCUT2D eigenvalue weighted by Crippen LogP contribution is 2.26. The van der Waals surface area contributed by atoms with E-state index in [4.69, 9.17) is 5.73 Å². The molecule has 0 saturated heterocycles. The lowest BCUT2D eigenvalue weighted by molar-refractivity contribution is 0.521. The molecule has 0 amide bonds. The molecule has 0 spiro atoms. The van der Waals surface area contributed by atoms with Gasteiger partial charge in [-0.15, -0.1) is 0 Å². The third kappa shape index (κ3) is 2.34. The molecule has 1 aromatic carbocycles. The molecule has 0 aliphatic heterocycles. The Balaban J connectivity index is 2.63. The molecule has 0 atom stereocenters. The molecule has 19 heavy (non-hydrogen) atoms. The first-order chi connectivity index (χ1) is 8.84. The fourth-order valence-electron chi connectivity index (χ4n) is 1.70. The van der Waals surface area contributed by atoms with E-state index in [0.717, 1.165) is 9.87 Å². The second-order valence-corrected chi connectivity index (χ2v) is 6.56. The average molecular weight is 280 g/mol. The van der Waals surface area contributed by atoms with Gasteiger partial charge in [0.25, 0.3) is 0 Å². The Morgan fingerprint density at radius 1 is 1.32 bits per heavy atom. The number of anilines is 1. The van der Waals surface area contributed by atoms with Crippen molar-refractivity contribution in [2.75, 3.05) is 19.8 Å². The largest absolute Gasteiger partial charge is 0.396 e. The summed E-state index contributed by atoms with van der Waals surface area (Å²) in [6.07, 6.45) is 3.48. The molecule has 0 saturated carbocycles. The molecule has 0 radical (unpaired) electrons. The van der Waals surface area contributed by atoms with Crippen LogP contribution in [0.15, 0.2) is 35.5 Å². The first kappa shape index (κ1) is 13.6. The van der Waals surface area contributed by atoms with Crippen LogP contribution < -0.4 is 5.73 Å². The smallest absolute Gasteiger partial charge is 0.244 e. The van der Waals surface area contributed by atoms with E-state index in [-0.39, 0.29) is 10.6 Å². The van der Waals surface area contributed by atoms with E-state index >= 15 is 0 Å². The van der Waals surface area contributed by atoms with Gasteiger partial charge >= 0.3 is 0 Å². The second-order valence-electron chi connectivity index (χ2n) is 4.44. The van der Waals surface area contributed by atoms with Crippen LogP contribution in [0, 0.1) is 6.92 Å². The summed E-state index contributed by atoms with van der Waals surface area (Å²) in [5.41, 5.74) is 7.70. The van der Waals surface area contributed by atoms with Crippen molar-refractivity contribution >= 4 is 15.7 Å². The molecule has 2 aromatic rings. The fourth-order valence-corrected chi connectivity index (χ4v) is 2.72. The van der Waals surface area contributed by atoms with Crippen molar-refractivity contribution < 1.29 is 8.42 Å². The minimum Gasteiger partial charge on any atom is -0.396 e. The van der Waals surface area contributed by atoms with E-state index in [0.29, 0.717) is 5.69 Å². The van der Waals surface area contributed by atoms with Crippen LogP contribution in [0.25, 0.3) is 5.69 Å². The van der Waals surface area contributed by atoms with E-state index in [9.17, 15) is 8.42 Å². The number of benzene rings is 1. The van der Waals surface area contributed by atoms with E-state index in [1.165, 1.54) is 20.2 Å². The minimum atomic E-state index is -3.56. The number of nitrogens with two attached hydrogens (primary N) is 1. The summed E-state index contributed by atoms with van der Waals surface area (Å²) < 4.78 is 27.0. The number of sulfonamides is 1. The molecule has 1 aromatic heterocycles. The summed E-state index contributed by atoms with van der Waals surface area (Å²) in [4.78, 5) is 0.0863. The van der Waals surface area contributed by atoms with Gasteiger partial charge in [-0.05, 0) is 24.6 Å². The molecule has 0 bridgehead atoms. The SMILES string of the molecule is Cc1cnn(-c2cccc(S(=O)(=O)N(C)C)c2N)c1. The van der Waals surface area contributed by atoms with Crippen LogP contribution in [0.3, 0.4) is 0 Å². The Labute approximate surface area is 112 Å². The summed E-state index contributed by atoms with van der Waals surface area (Å²) in [5.74, 6) is 0. The summed E-state index contributed by atoms with van der Waals surface area (Å²) in [6.45, 7) is 1.90. The zero-order valence-corrected chi connectivity index (χ0v) is 11.8. The molecule has 0 aliphatic rings. The molecule has 0 fully saturated rings. The van der Waals surface area contributed by atoms with Crippen molar-refractivity contribution in [3.8, 4) is 5.69 Å². The molecular weight excluding hydrogens is 264 g/mol. The lowest BCUT2D eigenvalue weighted by Gasteiger charge is -2.15. The molecule has 0 aliphatic carbocycles. The number of nitrogens with zero attached hydrogens (tertiary/aromatic N) is 3. The summed E-state index contributed by atoms with van der Waals surface area (Å²) in [6, 6.07) is 4.88. The van der Waals surface area contributed by atoms with Gasteiger partial charge in [-0.1, -0.05) is 6.07 Å². The van der Waals surface area contributed by atoms with Crippen molar-refractivity contribution in [2.24, 2.45) is 0 Å². The van der Waals surface area contributed by atoms with Gasteiger partial charge in [-0.25, -0.2) is 17.4 Å².